The van der Waals surface area contributed by atoms with Gasteiger partial charge >= 0.3 is 5.97 Å². The van der Waals surface area contributed by atoms with Gasteiger partial charge in [-0.2, -0.15) is 0 Å². The van der Waals surface area contributed by atoms with Crippen LogP contribution in [0.15, 0.2) is 60.7 Å². The molecule has 2 fully saturated rings. The second-order valence-corrected chi connectivity index (χ2v) is 11.8. The molecule has 0 radical (unpaired) electrons. The van der Waals surface area contributed by atoms with E-state index in [2.05, 4.69) is 5.32 Å². The lowest BCUT2D eigenvalue weighted by Gasteiger charge is -2.27. The lowest BCUT2D eigenvalue weighted by atomic mass is 9.89. The fourth-order valence-corrected chi connectivity index (χ4v) is 8.18. The molecule has 0 aromatic heterocycles. The minimum atomic E-state index is -3.28. The van der Waals surface area contributed by atoms with E-state index in [0.717, 1.165) is 12.8 Å². The Morgan fingerprint density at radius 3 is 1.97 bits per heavy atom. The van der Waals surface area contributed by atoms with E-state index in [1.165, 1.54) is 19.3 Å². The van der Waals surface area contributed by atoms with Crippen LogP contribution in [0.2, 0.25) is 0 Å². The van der Waals surface area contributed by atoms with Crippen molar-refractivity contribution in [3.63, 3.8) is 0 Å². The first-order valence-corrected chi connectivity index (χ1v) is 12.9. The molecular formula is C25H30NO4P. The number of carbonyl (C=O) groups excluding carboxylic acids is 2. The van der Waals surface area contributed by atoms with Crippen LogP contribution in [0.5, 0.6) is 0 Å². The molecule has 0 aliphatic heterocycles. The van der Waals surface area contributed by atoms with Gasteiger partial charge in [0.2, 0.25) is 0 Å². The lowest BCUT2D eigenvalue weighted by molar-refractivity contribution is -0.148. The molecule has 2 saturated carbocycles. The SMILES string of the molecule is O=C(COC(=O)C1(P(=O)(c2ccccc2)c2ccccc2)CC1)NCC1CCCCC1. The Kier molecular flexibility index (Phi) is 6.62. The normalized spacial score (nSPS) is 18.2. The fraction of sp³-hybridized carbons (Fsp3) is 0.440. The summed E-state index contributed by atoms with van der Waals surface area (Å²) in [5, 5.41) is 3.11. The lowest BCUT2D eigenvalue weighted by Crippen LogP contribution is -2.38. The summed E-state index contributed by atoms with van der Waals surface area (Å²) in [7, 11) is -3.28. The van der Waals surface area contributed by atoms with Crippen molar-refractivity contribution in [2.75, 3.05) is 13.2 Å². The molecule has 2 aromatic carbocycles. The number of hydrogen-bond acceptors (Lipinski definition) is 4. The molecule has 2 aliphatic rings. The van der Waals surface area contributed by atoms with Gasteiger partial charge in [0, 0.05) is 17.2 Å². The minimum Gasteiger partial charge on any atom is -0.455 e. The standard InChI is InChI=1S/C25H30NO4P/c27-23(26-18-20-10-4-1-5-11-20)19-30-24(28)25(16-17-25)31(29,21-12-6-2-7-13-21)22-14-8-3-9-15-22/h2-3,6-9,12-15,20H,1,4-5,10-11,16-19H2,(H,26,27). The molecule has 0 heterocycles. The monoisotopic (exact) mass is 439 g/mol. The first-order chi connectivity index (χ1) is 15.1. The maximum Gasteiger partial charge on any atom is 0.320 e. The number of esters is 1. The summed E-state index contributed by atoms with van der Waals surface area (Å²) in [5.41, 5.74) is 0. The number of hydrogen-bond donors (Lipinski definition) is 1. The Labute approximate surface area is 183 Å². The van der Waals surface area contributed by atoms with Crippen LogP contribution in [-0.2, 0) is 18.9 Å². The molecule has 1 N–H and O–H groups in total. The van der Waals surface area contributed by atoms with Gasteiger partial charge in [0.1, 0.15) is 5.16 Å². The van der Waals surface area contributed by atoms with Gasteiger partial charge in [-0.3, -0.25) is 9.59 Å². The summed E-state index contributed by atoms with van der Waals surface area (Å²) in [6, 6.07) is 18.4. The van der Waals surface area contributed by atoms with E-state index in [1.54, 1.807) is 0 Å². The molecule has 1 amide bonds. The quantitative estimate of drug-likeness (QED) is 0.502. The van der Waals surface area contributed by atoms with E-state index in [-0.39, 0.29) is 12.5 Å². The number of benzene rings is 2. The van der Waals surface area contributed by atoms with Crippen LogP contribution < -0.4 is 15.9 Å². The van der Waals surface area contributed by atoms with E-state index < -0.39 is 18.3 Å². The Morgan fingerprint density at radius 1 is 0.903 bits per heavy atom. The van der Waals surface area contributed by atoms with Crippen LogP contribution in [0.25, 0.3) is 0 Å². The third kappa shape index (κ3) is 4.48. The number of rotatable bonds is 8. The highest BCUT2D eigenvalue weighted by Crippen LogP contribution is 2.68. The molecule has 0 spiro atoms. The third-order valence-electron chi connectivity index (χ3n) is 6.59. The molecule has 0 saturated heterocycles. The second-order valence-electron chi connectivity index (χ2n) is 8.70. The second kappa shape index (κ2) is 9.40. The molecule has 31 heavy (non-hydrogen) atoms. The van der Waals surface area contributed by atoms with Crippen molar-refractivity contribution in [1.29, 1.82) is 0 Å². The summed E-state index contributed by atoms with van der Waals surface area (Å²) in [5.74, 6) is -0.306. The van der Waals surface area contributed by atoms with Crippen molar-refractivity contribution in [3.05, 3.63) is 60.7 Å². The predicted molar refractivity (Wildman–Crippen MR) is 122 cm³/mol. The van der Waals surface area contributed by atoms with Gasteiger partial charge in [-0.05, 0) is 31.6 Å². The molecule has 164 valence electrons. The third-order valence-corrected chi connectivity index (χ3v) is 10.5. The van der Waals surface area contributed by atoms with E-state index in [4.69, 9.17) is 4.74 Å². The van der Waals surface area contributed by atoms with Gasteiger partial charge in [-0.15, -0.1) is 0 Å². The van der Waals surface area contributed by atoms with Crippen LogP contribution in [0.3, 0.4) is 0 Å². The molecule has 5 nitrogen and oxygen atoms in total. The number of amides is 1. The molecular weight excluding hydrogens is 409 g/mol. The highest BCUT2D eigenvalue weighted by molar-refractivity contribution is 7.81. The van der Waals surface area contributed by atoms with Crippen molar-refractivity contribution >= 4 is 29.6 Å². The molecule has 0 atom stereocenters. The van der Waals surface area contributed by atoms with Crippen molar-refractivity contribution in [2.24, 2.45) is 5.92 Å². The average Bonchev–Trinajstić information content (AvgIpc) is 3.65. The van der Waals surface area contributed by atoms with Crippen molar-refractivity contribution in [1.82, 2.24) is 5.32 Å². The Balaban J connectivity index is 1.46. The average molecular weight is 439 g/mol. The van der Waals surface area contributed by atoms with Gasteiger partial charge in [-0.1, -0.05) is 79.9 Å². The van der Waals surface area contributed by atoms with Crippen LogP contribution >= 0.6 is 7.14 Å². The largest absolute Gasteiger partial charge is 0.455 e. The first kappa shape index (κ1) is 21.8. The summed E-state index contributed by atoms with van der Waals surface area (Å²) < 4.78 is 20.0. The zero-order chi connectivity index (χ0) is 21.7. The summed E-state index contributed by atoms with van der Waals surface area (Å²) in [6.45, 7) is 0.310. The van der Waals surface area contributed by atoms with E-state index in [0.29, 0.717) is 35.9 Å². The number of ether oxygens (including phenoxy) is 1. The van der Waals surface area contributed by atoms with Gasteiger partial charge in [-0.25, -0.2) is 0 Å². The molecule has 2 aromatic rings. The Hall–Kier alpha value is -2.39. The Bertz CT molecular complexity index is 907. The van der Waals surface area contributed by atoms with Crippen molar-refractivity contribution in [3.8, 4) is 0 Å². The van der Waals surface area contributed by atoms with Gasteiger partial charge in [0.25, 0.3) is 5.91 Å². The summed E-state index contributed by atoms with van der Waals surface area (Å²) in [4.78, 5) is 25.4. The number of nitrogens with one attached hydrogen (secondary N) is 1. The van der Waals surface area contributed by atoms with E-state index in [1.807, 2.05) is 60.7 Å². The zero-order valence-electron chi connectivity index (χ0n) is 17.8. The predicted octanol–water partition coefficient (Wildman–Crippen LogP) is 3.77. The van der Waals surface area contributed by atoms with E-state index >= 15 is 0 Å². The van der Waals surface area contributed by atoms with Crippen LogP contribution in [-0.4, -0.2) is 30.2 Å². The maximum atomic E-state index is 14.5. The van der Waals surface area contributed by atoms with Crippen LogP contribution in [0.1, 0.15) is 44.9 Å². The smallest absolute Gasteiger partial charge is 0.320 e. The van der Waals surface area contributed by atoms with Gasteiger partial charge in [0.05, 0.1) is 0 Å². The molecule has 4 rings (SSSR count). The molecule has 2 aliphatic carbocycles. The van der Waals surface area contributed by atoms with Crippen molar-refractivity contribution < 1.29 is 18.9 Å². The Morgan fingerprint density at radius 2 is 1.45 bits per heavy atom. The summed E-state index contributed by atoms with van der Waals surface area (Å²) >= 11 is 0. The van der Waals surface area contributed by atoms with Crippen molar-refractivity contribution in [2.45, 2.75) is 50.1 Å². The van der Waals surface area contributed by atoms with Gasteiger partial charge in [0.15, 0.2) is 13.7 Å². The first-order valence-electron chi connectivity index (χ1n) is 11.2. The molecule has 0 unspecified atom stereocenters. The van der Waals surface area contributed by atoms with Crippen LogP contribution in [0, 0.1) is 5.92 Å². The number of carbonyl (C=O) groups is 2. The van der Waals surface area contributed by atoms with E-state index in [9.17, 15) is 14.2 Å². The molecule has 6 heteroatoms. The topological polar surface area (TPSA) is 72.5 Å². The zero-order valence-corrected chi connectivity index (χ0v) is 18.7. The maximum absolute atomic E-state index is 14.5. The van der Waals surface area contributed by atoms with Crippen LogP contribution in [0.4, 0.5) is 0 Å². The minimum absolute atomic E-state index is 0.288. The fourth-order valence-electron chi connectivity index (χ4n) is 4.65. The summed E-state index contributed by atoms with van der Waals surface area (Å²) in [6.07, 6.45) is 6.97. The van der Waals surface area contributed by atoms with Gasteiger partial charge < -0.3 is 14.6 Å². The molecule has 0 bridgehead atoms. The highest BCUT2D eigenvalue weighted by Gasteiger charge is 2.65. The highest BCUT2D eigenvalue weighted by atomic mass is 31.2.